The average Bonchev–Trinajstić information content (AvgIpc) is 2.64. The number of urea groups is 1. The average molecular weight is 274 g/mol. The van der Waals surface area contributed by atoms with Crippen LogP contribution in [0.4, 0.5) is 4.79 Å². The minimum atomic E-state index is -1.41. The van der Waals surface area contributed by atoms with Crippen LogP contribution in [0.3, 0.4) is 0 Å². The Morgan fingerprint density at radius 2 is 2.16 bits per heavy atom. The number of hydrogen-bond acceptors (Lipinski definition) is 6. The smallest absolute Gasteiger partial charge is 0.323 e. The maximum atomic E-state index is 11.7. The molecule has 4 atom stereocenters. The molecule has 1 aliphatic heterocycles. The molecule has 8 nitrogen and oxygen atoms in total. The van der Waals surface area contributed by atoms with Gasteiger partial charge in [0.1, 0.15) is 24.1 Å². The van der Waals surface area contributed by atoms with E-state index in [0.29, 0.717) is 6.29 Å². The molecule has 4 N–H and O–H groups in total. The molecule has 0 radical (unpaired) electrons. The molecule has 1 saturated heterocycles. The Labute approximate surface area is 110 Å². The molecule has 0 unspecified atom stereocenters. The molecule has 2 amide bonds. The minimum Gasteiger partial charge on any atom is -0.393 e. The zero-order chi connectivity index (χ0) is 14.6. The van der Waals surface area contributed by atoms with Gasteiger partial charge in [0, 0.05) is 13.2 Å². The molecule has 0 bridgehead atoms. The van der Waals surface area contributed by atoms with Gasteiger partial charge in [0.05, 0.1) is 6.61 Å². The van der Waals surface area contributed by atoms with Gasteiger partial charge in [-0.2, -0.15) is 0 Å². The van der Waals surface area contributed by atoms with Gasteiger partial charge in [0.25, 0.3) is 0 Å². The lowest BCUT2D eigenvalue weighted by atomic mass is 9.98. The molecule has 0 aliphatic carbocycles. The molecular formula is C11H18N2O6. The van der Waals surface area contributed by atoms with Gasteiger partial charge in [-0.15, -0.1) is 0 Å². The fourth-order valence-corrected chi connectivity index (χ4v) is 1.81. The van der Waals surface area contributed by atoms with E-state index in [9.17, 15) is 24.9 Å². The van der Waals surface area contributed by atoms with Crippen LogP contribution < -0.4 is 5.32 Å². The van der Waals surface area contributed by atoms with Crippen molar-refractivity contribution in [1.29, 1.82) is 0 Å². The van der Waals surface area contributed by atoms with Crippen LogP contribution in [-0.4, -0.2) is 70.2 Å². The van der Waals surface area contributed by atoms with Crippen molar-refractivity contribution in [2.24, 2.45) is 0 Å². The lowest BCUT2D eigenvalue weighted by Crippen LogP contribution is -2.47. The molecule has 1 rings (SSSR count). The summed E-state index contributed by atoms with van der Waals surface area (Å²) in [6, 6.07) is -0.628. The van der Waals surface area contributed by atoms with Gasteiger partial charge in [-0.25, -0.2) is 4.79 Å². The zero-order valence-corrected chi connectivity index (χ0v) is 10.7. The zero-order valence-electron chi connectivity index (χ0n) is 10.7. The SMILES string of the molecule is CNC(=O)N(/C=C\C=O)[C@@H]1O[C@](C)(CO)[C@@H](O)[C@H]1O. The standard InChI is InChI=1S/C11H18N2O6/c1-11(6-15)8(17)7(16)9(19-11)13(4-3-5-14)10(18)12-2/h3-5,7-9,15-17H,6H2,1-2H3,(H,12,18)/b4-3-/t7-,8+,9-,11-/m1/s1. The first-order valence-corrected chi connectivity index (χ1v) is 5.68. The molecular weight excluding hydrogens is 256 g/mol. The van der Waals surface area contributed by atoms with Gasteiger partial charge >= 0.3 is 6.03 Å². The summed E-state index contributed by atoms with van der Waals surface area (Å²) >= 11 is 0. The Hall–Kier alpha value is -1.48. The van der Waals surface area contributed by atoms with Crippen molar-refractivity contribution >= 4 is 12.3 Å². The second kappa shape index (κ2) is 6.11. The molecule has 8 heteroatoms. The van der Waals surface area contributed by atoms with Gasteiger partial charge in [-0.1, -0.05) is 0 Å². The number of amides is 2. The highest BCUT2D eigenvalue weighted by Crippen LogP contribution is 2.32. The molecule has 0 aromatic carbocycles. The van der Waals surface area contributed by atoms with Crippen LogP contribution >= 0.6 is 0 Å². The van der Waals surface area contributed by atoms with E-state index in [2.05, 4.69) is 5.32 Å². The van der Waals surface area contributed by atoms with E-state index < -0.39 is 36.7 Å². The predicted octanol–water partition coefficient (Wildman–Crippen LogP) is -1.83. The summed E-state index contributed by atoms with van der Waals surface area (Å²) in [5.41, 5.74) is -1.38. The van der Waals surface area contributed by atoms with E-state index in [1.165, 1.54) is 14.0 Å². The van der Waals surface area contributed by atoms with Gasteiger partial charge in [0.15, 0.2) is 6.23 Å². The first-order valence-electron chi connectivity index (χ1n) is 5.68. The van der Waals surface area contributed by atoms with Gasteiger partial charge < -0.3 is 25.4 Å². The van der Waals surface area contributed by atoms with Gasteiger partial charge in [-0.05, 0) is 13.0 Å². The third-order valence-electron chi connectivity index (χ3n) is 2.99. The Balaban J connectivity index is 3.01. The number of allylic oxidation sites excluding steroid dienone is 1. The molecule has 108 valence electrons. The van der Waals surface area contributed by atoms with E-state index in [4.69, 9.17) is 4.74 Å². The summed E-state index contributed by atoms with van der Waals surface area (Å²) in [5, 5.41) is 31.2. The largest absolute Gasteiger partial charge is 0.393 e. The van der Waals surface area contributed by atoms with Crippen LogP contribution in [0.25, 0.3) is 0 Å². The van der Waals surface area contributed by atoms with Gasteiger partial charge in [0.2, 0.25) is 0 Å². The van der Waals surface area contributed by atoms with Crippen LogP contribution in [0.5, 0.6) is 0 Å². The van der Waals surface area contributed by atoms with Crippen molar-refractivity contribution in [3.05, 3.63) is 12.3 Å². The number of carbonyl (C=O) groups excluding carboxylic acids is 2. The molecule has 1 heterocycles. The third-order valence-corrected chi connectivity index (χ3v) is 2.99. The fraction of sp³-hybridized carbons (Fsp3) is 0.636. The monoisotopic (exact) mass is 274 g/mol. The number of rotatable bonds is 4. The summed E-state index contributed by atoms with van der Waals surface area (Å²) in [5.74, 6) is 0. The number of carbonyl (C=O) groups is 2. The molecule has 19 heavy (non-hydrogen) atoms. The summed E-state index contributed by atoms with van der Waals surface area (Å²) in [4.78, 5) is 22.9. The van der Waals surface area contributed by atoms with Crippen LogP contribution in [0.1, 0.15) is 6.92 Å². The molecule has 1 fully saturated rings. The Morgan fingerprint density at radius 3 is 2.58 bits per heavy atom. The number of nitrogens with zero attached hydrogens (tertiary/aromatic N) is 1. The topological polar surface area (TPSA) is 119 Å². The molecule has 1 aliphatic rings. The molecule has 0 saturated carbocycles. The van der Waals surface area contributed by atoms with Crippen molar-refractivity contribution in [3.63, 3.8) is 0 Å². The Kier molecular flexibility index (Phi) is 5.01. The van der Waals surface area contributed by atoms with E-state index in [-0.39, 0.29) is 0 Å². The number of aliphatic hydroxyl groups excluding tert-OH is 3. The summed E-state index contributed by atoms with van der Waals surface area (Å²) < 4.78 is 5.35. The Morgan fingerprint density at radius 1 is 1.53 bits per heavy atom. The highest BCUT2D eigenvalue weighted by atomic mass is 16.6. The van der Waals surface area contributed by atoms with E-state index in [1.54, 1.807) is 0 Å². The predicted molar refractivity (Wildman–Crippen MR) is 63.9 cm³/mol. The number of hydrogen-bond donors (Lipinski definition) is 4. The number of ether oxygens (including phenoxy) is 1. The lowest BCUT2D eigenvalue weighted by Gasteiger charge is -2.28. The van der Waals surface area contributed by atoms with Crippen molar-refractivity contribution < 1.29 is 29.6 Å². The first-order chi connectivity index (χ1) is 8.91. The van der Waals surface area contributed by atoms with Crippen molar-refractivity contribution in [2.45, 2.75) is 31.0 Å². The quantitative estimate of drug-likeness (QED) is 0.353. The van der Waals surface area contributed by atoms with E-state index in [0.717, 1.165) is 17.2 Å². The normalized spacial score (nSPS) is 34.5. The lowest BCUT2D eigenvalue weighted by molar-refractivity contribution is -0.121. The van der Waals surface area contributed by atoms with E-state index >= 15 is 0 Å². The summed E-state index contributed by atoms with van der Waals surface area (Å²) in [7, 11) is 1.37. The minimum absolute atomic E-state index is 0.457. The summed E-state index contributed by atoms with van der Waals surface area (Å²) in [6.07, 6.45) is -1.35. The Bertz CT molecular complexity index is 374. The van der Waals surface area contributed by atoms with Crippen LogP contribution in [-0.2, 0) is 9.53 Å². The first kappa shape index (κ1) is 15.6. The van der Waals surface area contributed by atoms with Crippen LogP contribution in [0.2, 0.25) is 0 Å². The highest BCUT2D eigenvalue weighted by molar-refractivity contribution is 5.76. The van der Waals surface area contributed by atoms with Crippen molar-refractivity contribution in [2.75, 3.05) is 13.7 Å². The summed E-state index contributed by atoms with van der Waals surface area (Å²) in [6.45, 7) is 0.882. The van der Waals surface area contributed by atoms with Crippen molar-refractivity contribution in [1.82, 2.24) is 10.2 Å². The number of nitrogens with one attached hydrogen (secondary N) is 1. The van der Waals surface area contributed by atoms with E-state index in [1.807, 2.05) is 0 Å². The highest BCUT2D eigenvalue weighted by Gasteiger charge is 2.53. The van der Waals surface area contributed by atoms with Crippen LogP contribution in [0, 0.1) is 0 Å². The van der Waals surface area contributed by atoms with Crippen LogP contribution in [0.15, 0.2) is 12.3 Å². The molecule has 0 spiro atoms. The molecule has 0 aromatic heterocycles. The number of aliphatic hydroxyl groups is 3. The third kappa shape index (κ3) is 2.92. The fourth-order valence-electron chi connectivity index (χ4n) is 1.81. The maximum absolute atomic E-state index is 11.7. The maximum Gasteiger partial charge on any atom is 0.323 e. The van der Waals surface area contributed by atoms with Crippen molar-refractivity contribution in [3.8, 4) is 0 Å². The molecule has 0 aromatic rings. The second-order valence-corrected chi connectivity index (χ2v) is 4.35. The second-order valence-electron chi connectivity index (χ2n) is 4.35. The van der Waals surface area contributed by atoms with Gasteiger partial charge in [-0.3, -0.25) is 9.69 Å². The number of aldehydes is 1.